The Balaban J connectivity index is 1.73. The highest BCUT2D eigenvalue weighted by atomic mass is 32.1. The molecule has 0 amide bonds. The van der Waals surface area contributed by atoms with Gasteiger partial charge in [0.05, 0.1) is 22.6 Å². The third-order valence-electron chi connectivity index (χ3n) is 5.71. The molecule has 0 N–H and O–H groups in total. The maximum absolute atomic E-state index is 13.4. The Morgan fingerprint density at radius 3 is 2.45 bits per heavy atom. The van der Waals surface area contributed by atoms with Crippen LogP contribution in [0.15, 0.2) is 46.8 Å². The quantitative estimate of drug-likeness (QED) is 0.370. The molecule has 0 aliphatic heterocycles. The van der Waals surface area contributed by atoms with Crippen LogP contribution < -0.4 is 10.3 Å². The SMILES string of the molecule is Cc1cc(COc2c(C)c(C)n(-c3ccnc(-c4ccnc(C(C)C)n4)c3)c(=O)c2C)cs1. The lowest BCUT2D eigenvalue weighted by atomic mass is 10.1. The van der Waals surface area contributed by atoms with Crippen LogP contribution >= 0.6 is 11.3 Å². The highest BCUT2D eigenvalue weighted by Crippen LogP contribution is 2.27. The zero-order valence-corrected chi connectivity index (χ0v) is 20.7. The van der Waals surface area contributed by atoms with Crippen LogP contribution in [0.2, 0.25) is 0 Å². The van der Waals surface area contributed by atoms with Crippen LogP contribution in [0, 0.1) is 27.7 Å². The third-order valence-corrected chi connectivity index (χ3v) is 6.62. The van der Waals surface area contributed by atoms with Gasteiger partial charge < -0.3 is 4.74 Å². The van der Waals surface area contributed by atoms with Crippen molar-refractivity contribution in [2.24, 2.45) is 0 Å². The van der Waals surface area contributed by atoms with Crippen LogP contribution in [-0.2, 0) is 6.61 Å². The van der Waals surface area contributed by atoms with E-state index in [2.05, 4.69) is 47.2 Å². The largest absolute Gasteiger partial charge is 0.488 e. The highest BCUT2D eigenvalue weighted by Gasteiger charge is 2.18. The molecule has 0 spiro atoms. The van der Waals surface area contributed by atoms with Crippen molar-refractivity contribution in [3.63, 3.8) is 0 Å². The Bertz CT molecular complexity index is 1370. The molecular weight excluding hydrogens is 432 g/mol. The summed E-state index contributed by atoms with van der Waals surface area (Å²) in [6, 6.07) is 7.69. The van der Waals surface area contributed by atoms with E-state index in [0.717, 1.165) is 34.0 Å². The van der Waals surface area contributed by atoms with E-state index in [-0.39, 0.29) is 11.5 Å². The summed E-state index contributed by atoms with van der Waals surface area (Å²) >= 11 is 1.69. The monoisotopic (exact) mass is 460 g/mol. The molecule has 0 bridgehead atoms. The molecule has 7 heteroatoms. The molecule has 0 unspecified atom stereocenters. The van der Waals surface area contributed by atoms with E-state index in [1.165, 1.54) is 4.88 Å². The minimum absolute atomic E-state index is 0.0997. The third kappa shape index (κ3) is 4.59. The van der Waals surface area contributed by atoms with E-state index >= 15 is 0 Å². The predicted molar refractivity (Wildman–Crippen MR) is 133 cm³/mol. The van der Waals surface area contributed by atoms with Crippen LogP contribution in [0.3, 0.4) is 0 Å². The van der Waals surface area contributed by atoms with Gasteiger partial charge in [-0.25, -0.2) is 9.97 Å². The first-order valence-electron chi connectivity index (χ1n) is 11.0. The van der Waals surface area contributed by atoms with Crippen molar-refractivity contribution in [2.45, 2.75) is 54.1 Å². The molecule has 0 saturated heterocycles. The van der Waals surface area contributed by atoms with Gasteiger partial charge in [0.25, 0.3) is 5.56 Å². The molecule has 4 aromatic heterocycles. The van der Waals surface area contributed by atoms with Gasteiger partial charge in [-0.15, -0.1) is 11.3 Å². The molecule has 0 aliphatic carbocycles. The average molecular weight is 461 g/mol. The van der Waals surface area contributed by atoms with Crippen LogP contribution in [-0.4, -0.2) is 19.5 Å². The van der Waals surface area contributed by atoms with E-state index in [1.807, 2.05) is 39.0 Å². The van der Waals surface area contributed by atoms with Gasteiger partial charge >= 0.3 is 0 Å². The molecule has 33 heavy (non-hydrogen) atoms. The molecule has 0 saturated carbocycles. The Morgan fingerprint density at radius 1 is 1.00 bits per heavy atom. The fraction of sp³-hybridized carbons (Fsp3) is 0.308. The second-order valence-corrected chi connectivity index (χ2v) is 9.63. The van der Waals surface area contributed by atoms with Crippen molar-refractivity contribution >= 4 is 11.3 Å². The van der Waals surface area contributed by atoms with Crippen molar-refractivity contribution in [2.75, 3.05) is 0 Å². The van der Waals surface area contributed by atoms with E-state index < -0.39 is 0 Å². The molecule has 0 aromatic carbocycles. The lowest BCUT2D eigenvalue weighted by molar-refractivity contribution is 0.301. The fourth-order valence-corrected chi connectivity index (χ4v) is 4.47. The molecular formula is C26H28N4O2S. The summed E-state index contributed by atoms with van der Waals surface area (Å²) in [6.07, 6.45) is 3.46. The predicted octanol–water partition coefficient (Wildman–Crippen LogP) is 5.69. The molecule has 6 nitrogen and oxygen atoms in total. The molecule has 4 rings (SSSR count). The zero-order valence-electron chi connectivity index (χ0n) is 19.8. The second kappa shape index (κ2) is 9.27. The number of thiophene rings is 1. The van der Waals surface area contributed by atoms with Crippen molar-refractivity contribution in [1.29, 1.82) is 0 Å². The molecule has 0 aliphatic rings. The minimum Gasteiger partial charge on any atom is -0.488 e. The first-order valence-corrected chi connectivity index (χ1v) is 11.8. The van der Waals surface area contributed by atoms with Crippen molar-refractivity contribution in [3.8, 4) is 22.8 Å². The summed E-state index contributed by atoms with van der Waals surface area (Å²) in [5.74, 6) is 1.64. The first kappa shape index (κ1) is 22.9. The summed E-state index contributed by atoms with van der Waals surface area (Å²) in [5.41, 5.74) is 5.57. The number of hydrogen-bond acceptors (Lipinski definition) is 6. The standard InChI is InChI=1S/C26H28N4O2S/c1-15(2)25-28-10-8-22(29-25)23-12-21(7-9-27-23)30-19(6)17(4)24(18(5)26(30)31)32-13-20-11-16(3)33-14-20/h7-12,14-15H,13H2,1-6H3. The zero-order chi connectivity index (χ0) is 23.7. The molecule has 170 valence electrons. The molecule has 4 aromatic rings. The van der Waals surface area contributed by atoms with Gasteiger partial charge in [-0.3, -0.25) is 14.3 Å². The van der Waals surface area contributed by atoms with E-state index in [0.29, 0.717) is 23.6 Å². The lowest BCUT2D eigenvalue weighted by Gasteiger charge is -2.19. The second-order valence-electron chi connectivity index (χ2n) is 8.51. The Hall–Kier alpha value is -3.32. The van der Waals surface area contributed by atoms with Crippen molar-refractivity contribution in [3.05, 3.63) is 85.5 Å². The molecule has 4 heterocycles. The van der Waals surface area contributed by atoms with Gasteiger partial charge in [-0.05, 0) is 57.3 Å². The summed E-state index contributed by atoms with van der Waals surface area (Å²) < 4.78 is 7.84. The van der Waals surface area contributed by atoms with E-state index in [9.17, 15) is 4.79 Å². The number of nitrogens with zero attached hydrogens (tertiary/aromatic N) is 4. The number of aryl methyl sites for hydroxylation is 1. The maximum atomic E-state index is 13.4. The van der Waals surface area contributed by atoms with Gasteiger partial charge in [-0.1, -0.05) is 13.8 Å². The van der Waals surface area contributed by atoms with Gasteiger partial charge in [0, 0.05) is 40.0 Å². The topological polar surface area (TPSA) is 69.9 Å². The van der Waals surface area contributed by atoms with Crippen LogP contribution in [0.25, 0.3) is 17.1 Å². The Labute approximate surface area is 198 Å². The van der Waals surface area contributed by atoms with E-state index in [4.69, 9.17) is 4.74 Å². The summed E-state index contributed by atoms with van der Waals surface area (Å²) in [7, 11) is 0. The summed E-state index contributed by atoms with van der Waals surface area (Å²) in [6.45, 7) is 12.4. The Morgan fingerprint density at radius 2 is 1.76 bits per heavy atom. The molecule has 0 radical (unpaired) electrons. The Kier molecular flexibility index (Phi) is 6.42. The summed E-state index contributed by atoms with van der Waals surface area (Å²) in [5, 5.41) is 2.09. The van der Waals surface area contributed by atoms with Gasteiger partial charge in [-0.2, -0.15) is 0 Å². The van der Waals surface area contributed by atoms with Crippen LogP contribution in [0.4, 0.5) is 0 Å². The number of rotatable bonds is 6. The minimum atomic E-state index is -0.0997. The number of ether oxygens (including phenoxy) is 1. The van der Waals surface area contributed by atoms with Gasteiger partial charge in [0.1, 0.15) is 18.2 Å². The highest BCUT2D eigenvalue weighted by molar-refractivity contribution is 7.10. The maximum Gasteiger partial charge on any atom is 0.261 e. The van der Waals surface area contributed by atoms with Crippen molar-refractivity contribution in [1.82, 2.24) is 19.5 Å². The molecule has 0 fully saturated rings. The summed E-state index contributed by atoms with van der Waals surface area (Å²) in [4.78, 5) is 28.1. The number of pyridine rings is 2. The number of aromatic nitrogens is 4. The van der Waals surface area contributed by atoms with Gasteiger partial charge in [0.15, 0.2) is 0 Å². The van der Waals surface area contributed by atoms with Crippen LogP contribution in [0.1, 0.15) is 52.9 Å². The lowest BCUT2D eigenvalue weighted by Crippen LogP contribution is -2.25. The van der Waals surface area contributed by atoms with E-state index in [1.54, 1.807) is 28.3 Å². The smallest absolute Gasteiger partial charge is 0.261 e. The van der Waals surface area contributed by atoms with Crippen LogP contribution in [0.5, 0.6) is 5.75 Å². The fourth-order valence-electron chi connectivity index (χ4n) is 3.78. The molecule has 0 atom stereocenters. The van der Waals surface area contributed by atoms with Gasteiger partial charge in [0.2, 0.25) is 0 Å². The normalized spacial score (nSPS) is 11.2. The average Bonchev–Trinajstić information content (AvgIpc) is 3.23. The first-order chi connectivity index (χ1) is 15.8. The number of hydrogen-bond donors (Lipinski definition) is 0. The van der Waals surface area contributed by atoms with Crippen molar-refractivity contribution < 1.29 is 4.74 Å².